The average Bonchev–Trinajstić information content (AvgIpc) is 3.69. The molecule has 3 heteroatoms. The van der Waals surface area contributed by atoms with Crippen molar-refractivity contribution < 1.29 is 4.74 Å². The standard InChI is InChI=1S/C60H36N2O/c1-2-14-40-33-43(26-21-37(40)11-1)62-55-30-24-41(34-54(55)52-28-22-38-12-3-5-15-45(38)59(52)62)42-25-31-56-58(35-42)63-60-46-16-6-4-13-39(46)23-32-57(60)61(56)44-27-29-51-49-19-8-7-17-47(49)48-18-9-10-20-50(48)53(51)36-44/h1-36H. The fraction of sp³-hybridized carbons (Fsp3) is 0. The highest BCUT2D eigenvalue weighted by Crippen LogP contribution is 2.54. The van der Waals surface area contributed by atoms with Crippen LogP contribution in [-0.4, -0.2) is 4.57 Å². The summed E-state index contributed by atoms with van der Waals surface area (Å²) in [4.78, 5) is 2.39. The van der Waals surface area contributed by atoms with Gasteiger partial charge in [-0.05, 0) is 120 Å². The zero-order valence-corrected chi connectivity index (χ0v) is 34.1. The minimum Gasteiger partial charge on any atom is -0.452 e. The molecule has 0 saturated heterocycles. The molecule has 14 rings (SSSR count). The molecule has 0 fully saturated rings. The molecule has 12 aromatic carbocycles. The van der Waals surface area contributed by atoms with Crippen molar-refractivity contribution in [1.82, 2.24) is 4.57 Å². The topological polar surface area (TPSA) is 17.4 Å². The van der Waals surface area contributed by atoms with Crippen molar-refractivity contribution in [3.05, 3.63) is 218 Å². The number of anilines is 3. The fourth-order valence-corrected chi connectivity index (χ4v) is 10.6. The van der Waals surface area contributed by atoms with E-state index < -0.39 is 0 Å². The Kier molecular flexibility index (Phi) is 7.11. The Labute approximate surface area is 362 Å². The van der Waals surface area contributed by atoms with E-state index in [1.165, 1.54) is 75.7 Å². The van der Waals surface area contributed by atoms with E-state index in [9.17, 15) is 0 Å². The van der Waals surface area contributed by atoms with Gasteiger partial charge in [0.15, 0.2) is 11.5 Å². The van der Waals surface area contributed by atoms with E-state index in [4.69, 9.17) is 4.74 Å². The summed E-state index contributed by atoms with van der Waals surface area (Å²) in [6.07, 6.45) is 0. The van der Waals surface area contributed by atoms with Gasteiger partial charge in [0.25, 0.3) is 0 Å². The van der Waals surface area contributed by atoms with Crippen molar-refractivity contribution in [3.8, 4) is 28.3 Å². The van der Waals surface area contributed by atoms with Crippen molar-refractivity contribution in [2.75, 3.05) is 4.90 Å². The highest BCUT2D eigenvalue weighted by molar-refractivity contribution is 6.26. The minimum absolute atomic E-state index is 0.824. The summed E-state index contributed by atoms with van der Waals surface area (Å²) in [6.45, 7) is 0. The number of hydrogen-bond acceptors (Lipinski definition) is 2. The van der Waals surface area contributed by atoms with Gasteiger partial charge in [-0.1, -0.05) is 164 Å². The number of benzene rings is 12. The summed E-state index contributed by atoms with van der Waals surface area (Å²) in [6, 6.07) is 79.8. The average molecular weight is 801 g/mol. The van der Waals surface area contributed by atoms with Gasteiger partial charge in [0, 0.05) is 32.9 Å². The predicted octanol–water partition coefficient (Wildman–Crippen LogP) is 16.9. The number of ether oxygens (including phenoxy) is 1. The molecular weight excluding hydrogens is 765 g/mol. The first kappa shape index (κ1) is 34.3. The molecule has 2 heterocycles. The van der Waals surface area contributed by atoms with Crippen molar-refractivity contribution in [2.45, 2.75) is 0 Å². The van der Waals surface area contributed by atoms with Gasteiger partial charge in [-0.15, -0.1) is 0 Å². The summed E-state index contributed by atoms with van der Waals surface area (Å²) < 4.78 is 9.53. The van der Waals surface area contributed by atoms with Gasteiger partial charge < -0.3 is 14.2 Å². The van der Waals surface area contributed by atoms with Crippen LogP contribution in [0.5, 0.6) is 11.5 Å². The molecule has 0 atom stereocenters. The molecule has 0 N–H and O–H groups in total. The van der Waals surface area contributed by atoms with E-state index in [1.807, 2.05) is 0 Å². The molecule has 1 aliphatic rings. The first-order chi connectivity index (χ1) is 31.2. The summed E-state index contributed by atoms with van der Waals surface area (Å²) in [5.74, 6) is 1.69. The normalized spacial score (nSPS) is 12.5. The second kappa shape index (κ2) is 13.1. The molecule has 0 radical (unpaired) electrons. The smallest absolute Gasteiger partial charge is 0.159 e. The van der Waals surface area contributed by atoms with Gasteiger partial charge in [-0.25, -0.2) is 0 Å². The maximum atomic E-state index is 7.08. The van der Waals surface area contributed by atoms with Crippen molar-refractivity contribution in [3.63, 3.8) is 0 Å². The van der Waals surface area contributed by atoms with Crippen LogP contribution in [0.1, 0.15) is 0 Å². The molecule has 1 aromatic heterocycles. The Morgan fingerprint density at radius 3 is 1.62 bits per heavy atom. The summed E-state index contributed by atoms with van der Waals surface area (Å²) in [5, 5.41) is 17.2. The van der Waals surface area contributed by atoms with E-state index in [-0.39, 0.29) is 0 Å². The van der Waals surface area contributed by atoms with E-state index in [0.29, 0.717) is 0 Å². The Morgan fingerprint density at radius 2 is 0.841 bits per heavy atom. The third-order valence-corrected chi connectivity index (χ3v) is 13.5. The van der Waals surface area contributed by atoms with Crippen LogP contribution in [0, 0.1) is 0 Å². The second-order valence-corrected chi connectivity index (χ2v) is 16.9. The third kappa shape index (κ3) is 5.02. The fourth-order valence-electron chi connectivity index (χ4n) is 10.6. The number of hydrogen-bond donors (Lipinski definition) is 0. The lowest BCUT2D eigenvalue weighted by molar-refractivity contribution is 0.483. The maximum Gasteiger partial charge on any atom is 0.159 e. The van der Waals surface area contributed by atoms with Gasteiger partial charge >= 0.3 is 0 Å². The van der Waals surface area contributed by atoms with Crippen LogP contribution in [0.3, 0.4) is 0 Å². The molecule has 3 nitrogen and oxygen atoms in total. The van der Waals surface area contributed by atoms with E-state index in [1.54, 1.807) is 0 Å². The monoisotopic (exact) mass is 800 g/mol. The van der Waals surface area contributed by atoms with Crippen molar-refractivity contribution >= 4 is 104 Å². The third-order valence-electron chi connectivity index (χ3n) is 13.5. The number of fused-ring (bicyclic) bond motifs is 16. The quantitative estimate of drug-likeness (QED) is 0.166. The van der Waals surface area contributed by atoms with Crippen molar-refractivity contribution in [1.29, 1.82) is 0 Å². The number of aromatic nitrogens is 1. The van der Waals surface area contributed by atoms with Crippen LogP contribution in [0.2, 0.25) is 0 Å². The summed E-state index contributed by atoms with van der Waals surface area (Å²) >= 11 is 0. The lowest BCUT2D eigenvalue weighted by atomic mass is 9.93. The number of rotatable bonds is 3. The van der Waals surface area contributed by atoms with Gasteiger partial charge in [-0.3, -0.25) is 0 Å². The molecule has 292 valence electrons. The first-order valence-electron chi connectivity index (χ1n) is 21.7. The van der Waals surface area contributed by atoms with E-state index in [0.717, 1.165) is 56.1 Å². The van der Waals surface area contributed by atoms with E-state index >= 15 is 0 Å². The SMILES string of the molecule is c1ccc2cc(-n3c4ccc(-c5ccc6c(c5)Oc5c(ccc7ccccc57)N6c5ccc6c7ccccc7c7ccccc7c6c5)cc4c4ccc5ccccc5c43)ccc2c1. The van der Waals surface area contributed by atoms with Gasteiger partial charge in [-0.2, -0.15) is 0 Å². The van der Waals surface area contributed by atoms with Crippen LogP contribution in [0.15, 0.2) is 218 Å². The Balaban J connectivity index is 0.970. The van der Waals surface area contributed by atoms with Crippen LogP contribution in [0.25, 0.3) is 103 Å². The van der Waals surface area contributed by atoms with Crippen LogP contribution >= 0.6 is 0 Å². The zero-order chi connectivity index (χ0) is 41.2. The molecule has 1 aliphatic heterocycles. The number of nitrogens with zero attached hydrogens (tertiary/aromatic N) is 2. The molecule has 0 aliphatic carbocycles. The predicted molar refractivity (Wildman–Crippen MR) is 266 cm³/mol. The van der Waals surface area contributed by atoms with Crippen LogP contribution < -0.4 is 9.64 Å². The molecule has 0 spiro atoms. The molecule has 63 heavy (non-hydrogen) atoms. The Morgan fingerprint density at radius 1 is 0.302 bits per heavy atom. The maximum absolute atomic E-state index is 7.08. The summed E-state index contributed by atoms with van der Waals surface area (Å²) in [5.41, 5.74) is 8.91. The molecule has 0 bridgehead atoms. The molecule has 0 amide bonds. The van der Waals surface area contributed by atoms with Crippen LogP contribution in [-0.2, 0) is 0 Å². The first-order valence-corrected chi connectivity index (χ1v) is 21.7. The highest BCUT2D eigenvalue weighted by atomic mass is 16.5. The van der Waals surface area contributed by atoms with E-state index in [2.05, 4.69) is 228 Å². The Hall–Kier alpha value is -8.40. The lowest BCUT2D eigenvalue weighted by Gasteiger charge is -2.34. The molecular formula is C60H36N2O. The molecule has 0 unspecified atom stereocenters. The second-order valence-electron chi connectivity index (χ2n) is 16.9. The summed E-state index contributed by atoms with van der Waals surface area (Å²) in [7, 11) is 0. The van der Waals surface area contributed by atoms with Gasteiger partial charge in [0.2, 0.25) is 0 Å². The zero-order valence-electron chi connectivity index (χ0n) is 34.1. The van der Waals surface area contributed by atoms with Gasteiger partial charge in [0.05, 0.1) is 22.4 Å². The largest absolute Gasteiger partial charge is 0.452 e. The van der Waals surface area contributed by atoms with Gasteiger partial charge in [0.1, 0.15) is 0 Å². The highest BCUT2D eigenvalue weighted by Gasteiger charge is 2.29. The minimum atomic E-state index is 0.824. The van der Waals surface area contributed by atoms with Crippen molar-refractivity contribution in [2.24, 2.45) is 0 Å². The molecule has 13 aromatic rings. The Bertz CT molecular complexity index is 4050. The van der Waals surface area contributed by atoms with Crippen LogP contribution in [0.4, 0.5) is 17.1 Å². The molecule has 0 saturated carbocycles. The lowest BCUT2D eigenvalue weighted by Crippen LogP contribution is -2.16.